The summed E-state index contributed by atoms with van der Waals surface area (Å²) < 4.78 is 5.30. The number of nitrogens with zero attached hydrogens (tertiary/aromatic N) is 2. The summed E-state index contributed by atoms with van der Waals surface area (Å²) in [6.07, 6.45) is 2.11. The van der Waals surface area contributed by atoms with Crippen LogP contribution in [0.4, 0.5) is 4.79 Å². The fraction of sp³-hybridized carbons (Fsp3) is 0.750. The third-order valence-corrected chi connectivity index (χ3v) is 5.45. The number of carbonyl (C=O) groups excluding carboxylic acids is 4. The lowest BCUT2D eigenvalue weighted by atomic mass is 10.0. The van der Waals surface area contributed by atoms with Crippen LogP contribution in [-0.2, 0) is 19.1 Å². The Labute approximate surface area is 198 Å². The summed E-state index contributed by atoms with van der Waals surface area (Å²) in [4.78, 5) is 54.6. The number of hydrogen-bond acceptors (Lipinski definition) is 5. The Morgan fingerprint density at radius 1 is 1.09 bits per heavy atom. The monoisotopic (exact) mass is 466 g/mol. The second-order valence-electron chi connectivity index (χ2n) is 10.3. The summed E-state index contributed by atoms with van der Waals surface area (Å²) in [5.41, 5.74) is -0.693. The molecule has 188 valence electrons. The maximum absolute atomic E-state index is 13.3. The molecule has 0 spiro atoms. The van der Waals surface area contributed by atoms with Gasteiger partial charge in [-0.15, -0.1) is 6.58 Å². The van der Waals surface area contributed by atoms with Gasteiger partial charge in [0, 0.05) is 20.1 Å². The molecule has 1 fully saturated rings. The van der Waals surface area contributed by atoms with Crippen molar-refractivity contribution in [3.05, 3.63) is 12.7 Å². The number of alkyl carbamates (subject to hydrolysis) is 1. The molecule has 1 saturated heterocycles. The zero-order valence-electron chi connectivity index (χ0n) is 21.4. The van der Waals surface area contributed by atoms with Gasteiger partial charge in [-0.1, -0.05) is 33.8 Å². The number of carbonyl (C=O) groups is 4. The molecule has 1 aliphatic rings. The number of nitrogens with one attached hydrogen (secondary N) is 2. The van der Waals surface area contributed by atoms with Crippen LogP contribution in [0.15, 0.2) is 12.7 Å². The van der Waals surface area contributed by atoms with Crippen LogP contribution in [0.25, 0.3) is 0 Å². The van der Waals surface area contributed by atoms with Gasteiger partial charge in [0.1, 0.15) is 23.7 Å². The molecule has 1 aliphatic heterocycles. The smallest absolute Gasteiger partial charge is 0.408 e. The van der Waals surface area contributed by atoms with Crippen molar-refractivity contribution in [1.29, 1.82) is 0 Å². The largest absolute Gasteiger partial charge is 0.444 e. The van der Waals surface area contributed by atoms with E-state index in [4.69, 9.17) is 4.74 Å². The molecule has 2 N–H and O–H groups in total. The van der Waals surface area contributed by atoms with Gasteiger partial charge in [0.05, 0.1) is 0 Å². The van der Waals surface area contributed by atoms with E-state index in [9.17, 15) is 19.2 Å². The minimum Gasteiger partial charge on any atom is -0.444 e. The Hall–Kier alpha value is -2.58. The first-order valence-corrected chi connectivity index (χ1v) is 11.7. The minimum atomic E-state index is -0.825. The van der Waals surface area contributed by atoms with E-state index in [-0.39, 0.29) is 29.6 Å². The third-order valence-electron chi connectivity index (χ3n) is 5.45. The molecular formula is C24H42N4O5. The van der Waals surface area contributed by atoms with Crippen LogP contribution < -0.4 is 10.6 Å². The number of rotatable bonds is 9. The Balaban J connectivity index is 2.97. The molecule has 0 aromatic rings. The number of hydrogen-bond donors (Lipinski definition) is 2. The Kier molecular flexibility index (Phi) is 10.4. The van der Waals surface area contributed by atoms with Crippen LogP contribution in [0.5, 0.6) is 0 Å². The van der Waals surface area contributed by atoms with E-state index in [0.29, 0.717) is 25.9 Å². The third kappa shape index (κ3) is 8.37. The Morgan fingerprint density at radius 3 is 2.15 bits per heavy atom. The fourth-order valence-corrected chi connectivity index (χ4v) is 3.71. The first-order chi connectivity index (χ1) is 15.2. The van der Waals surface area contributed by atoms with Gasteiger partial charge in [-0.3, -0.25) is 14.4 Å². The van der Waals surface area contributed by atoms with Gasteiger partial charge in [-0.25, -0.2) is 4.79 Å². The number of ether oxygens (including phenoxy) is 1. The highest BCUT2D eigenvalue weighted by Crippen LogP contribution is 2.21. The molecule has 0 radical (unpaired) electrons. The van der Waals surface area contributed by atoms with Gasteiger partial charge < -0.3 is 25.2 Å². The molecule has 1 rings (SSSR count). The number of likely N-dealkylation sites (N-methyl/N-ethyl adjacent to an activating group) is 1. The molecule has 1 unspecified atom stereocenters. The van der Waals surface area contributed by atoms with Gasteiger partial charge in [0.25, 0.3) is 0 Å². The van der Waals surface area contributed by atoms with Crippen LogP contribution >= 0.6 is 0 Å². The van der Waals surface area contributed by atoms with Gasteiger partial charge in [0.2, 0.25) is 17.7 Å². The maximum atomic E-state index is 13.3. The van der Waals surface area contributed by atoms with Gasteiger partial charge in [0.15, 0.2) is 0 Å². The standard InChI is InChI=1S/C24H42N4O5/c1-10-13-27(9)21(30)18(15(2)3)25-20(29)17-12-11-14-28(17)22(31)19(16(4)5)26-23(32)33-24(6,7)8/h10,15-19H,1,11-14H2,2-9H3,(H,25,29)(H,26,32)/t17-,18?,19-/m0/s1. The van der Waals surface area contributed by atoms with E-state index in [1.165, 1.54) is 9.80 Å². The van der Waals surface area contributed by atoms with E-state index in [0.717, 1.165) is 0 Å². The summed E-state index contributed by atoms with van der Waals surface area (Å²) in [6.45, 7) is 17.1. The molecule has 3 atom stereocenters. The first kappa shape index (κ1) is 28.5. The minimum absolute atomic E-state index is 0.128. The quantitative estimate of drug-likeness (QED) is 0.507. The van der Waals surface area contributed by atoms with Crippen LogP contribution in [-0.4, -0.2) is 77.5 Å². The Bertz CT molecular complexity index is 729. The molecule has 0 aliphatic carbocycles. The van der Waals surface area contributed by atoms with Crippen molar-refractivity contribution in [2.75, 3.05) is 20.1 Å². The predicted octanol–water partition coefficient (Wildman–Crippen LogP) is 2.31. The van der Waals surface area contributed by atoms with E-state index in [1.807, 2.05) is 27.7 Å². The fourth-order valence-electron chi connectivity index (χ4n) is 3.71. The highest BCUT2D eigenvalue weighted by molar-refractivity contribution is 5.94. The van der Waals surface area contributed by atoms with E-state index in [2.05, 4.69) is 17.2 Å². The molecule has 33 heavy (non-hydrogen) atoms. The number of likely N-dealkylation sites (tertiary alicyclic amines) is 1. The normalized spacial score (nSPS) is 18.0. The summed E-state index contributed by atoms with van der Waals surface area (Å²) in [6, 6.07) is -2.23. The van der Waals surface area contributed by atoms with Crippen molar-refractivity contribution in [1.82, 2.24) is 20.4 Å². The van der Waals surface area contributed by atoms with Crippen molar-refractivity contribution in [3.8, 4) is 0 Å². The topological polar surface area (TPSA) is 108 Å². The second kappa shape index (κ2) is 12.0. The van der Waals surface area contributed by atoms with Crippen LogP contribution in [0, 0.1) is 11.8 Å². The predicted molar refractivity (Wildman–Crippen MR) is 127 cm³/mol. The summed E-state index contributed by atoms with van der Waals surface area (Å²) in [5.74, 6) is -1.23. The van der Waals surface area contributed by atoms with Crippen molar-refractivity contribution >= 4 is 23.8 Å². The van der Waals surface area contributed by atoms with Crippen molar-refractivity contribution < 1.29 is 23.9 Å². The highest BCUT2D eigenvalue weighted by atomic mass is 16.6. The van der Waals surface area contributed by atoms with Gasteiger partial charge >= 0.3 is 6.09 Å². The van der Waals surface area contributed by atoms with Crippen LogP contribution in [0.1, 0.15) is 61.3 Å². The van der Waals surface area contributed by atoms with Gasteiger partial charge in [-0.05, 0) is 45.4 Å². The average molecular weight is 467 g/mol. The molecule has 0 saturated carbocycles. The SMILES string of the molecule is C=CCN(C)C(=O)C(NC(=O)[C@@H]1CCCN1C(=O)[C@@H](NC(=O)OC(C)(C)C)C(C)C)C(C)C. The molecule has 0 aromatic heterocycles. The lowest BCUT2D eigenvalue weighted by molar-refractivity contribution is -0.142. The average Bonchev–Trinajstić information content (AvgIpc) is 3.17. The molecule has 9 heteroatoms. The zero-order chi connectivity index (χ0) is 25.5. The van der Waals surface area contributed by atoms with E-state index in [1.54, 1.807) is 33.9 Å². The maximum Gasteiger partial charge on any atom is 0.408 e. The summed E-state index contributed by atoms with van der Waals surface area (Å²) >= 11 is 0. The Morgan fingerprint density at radius 2 is 1.67 bits per heavy atom. The molecule has 4 amide bonds. The molecular weight excluding hydrogens is 424 g/mol. The lowest BCUT2D eigenvalue weighted by Gasteiger charge is -2.32. The van der Waals surface area contributed by atoms with Crippen molar-refractivity contribution in [2.45, 2.75) is 85.0 Å². The van der Waals surface area contributed by atoms with Crippen LogP contribution in [0.3, 0.4) is 0 Å². The molecule has 1 heterocycles. The van der Waals surface area contributed by atoms with Gasteiger partial charge in [-0.2, -0.15) is 0 Å². The summed E-state index contributed by atoms with van der Waals surface area (Å²) in [5, 5.41) is 5.51. The molecule has 9 nitrogen and oxygen atoms in total. The zero-order valence-corrected chi connectivity index (χ0v) is 21.4. The number of amides is 4. The highest BCUT2D eigenvalue weighted by Gasteiger charge is 2.40. The molecule has 0 aromatic carbocycles. The van der Waals surface area contributed by atoms with E-state index < -0.39 is 29.8 Å². The molecule has 0 bridgehead atoms. The lowest BCUT2D eigenvalue weighted by Crippen LogP contribution is -2.58. The van der Waals surface area contributed by atoms with Crippen molar-refractivity contribution in [3.63, 3.8) is 0 Å². The second-order valence-corrected chi connectivity index (χ2v) is 10.3. The first-order valence-electron chi connectivity index (χ1n) is 11.7. The van der Waals surface area contributed by atoms with E-state index >= 15 is 0 Å². The van der Waals surface area contributed by atoms with Crippen LogP contribution in [0.2, 0.25) is 0 Å². The van der Waals surface area contributed by atoms with Crippen molar-refractivity contribution in [2.24, 2.45) is 11.8 Å². The summed E-state index contributed by atoms with van der Waals surface area (Å²) in [7, 11) is 1.66.